The molecule has 2 heterocycles. The molecule has 1 atom stereocenters. The Morgan fingerprint density at radius 1 is 1.25 bits per heavy atom. The molecule has 6 heteroatoms. The normalized spacial score (nSPS) is 21.1. The maximum atomic E-state index is 12.6. The second-order valence-corrected chi connectivity index (χ2v) is 6.72. The summed E-state index contributed by atoms with van der Waals surface area (Å²) in [6.45, 7) is 2.74. The fourth-order valence-corrected chi connectivity index (χ4v) is 3.73. The number of hydrogen-bond acceptors (Lipinski definition) is 3. The topological polar surface area (TPSA) is 59.0 Å². The van der Waals surface area contributed by atoms with Crippen molar-refractivity contribution in [2.75, 3.05) is 18.4 Å². The first-order valence-corrected chi connectivity index (χ1v) is 8.34. The van der Waals surface area contributed by atoms with E-state index >= 15 is 0 Å². The van der Waals surface area contributed by atoms with Gasteiger partial charge < -0.3 is 10.6 Å². The van der Waals surface area contributed by atoms with Gasteiger partial charge in [0.1, 0.15) is 5.82 Å². The van der Waals surface area contributed by atoms with Crippen LogP contribution < -0.4 is 10.6 Å². The number of nitrogens with one attached hydrogen (secondary N) is 2. The Labute approximate surface area is 148 Å². The van der Waals surface area contributed by atoms with E-state index in [0.717, 1.165) is 38.2 Å². The van der Waals surface area contributed by atoms with Gasteiger partial charge in [0.15, 0.2) is 0 Å². The van der Waals surface area contributed by atoms with Crippen LogP contribution in [0, 0.1) is 11.3 Å². The highest BCUT2D eigenvalue weighted by molar-refractivity contribution is 5.94. The minimum Gasteiger partial charge on any atom is -0.317 e. The SMILES string of the molecule is Cl.O=C(Nc1ccnn1Cc1ccccc1)C1CC12CCNCC2. The molecule has 1 aromatic heterocycles. The highest BCUT2D eigenvalue weighted by Crippen LogP contribution is 2.58. The predicted molar refractivity (Wildman–Crippen MR) is 96.3 cm³/mol. The molecular weight excluding hydrogens is 324 g/mol. The molecule has 2 fully saturated rings. The van der Waals surface area contributed by atoms with Crippen LogP contribution in [-0.4, -0.2) is 28.8 Å². The van der Waals surface area contributed by atoms with Gasteiger partial charge in [0.2, 0.25) is 5.91 Å². The summed E-state index contributed by atoms with van der Waals surface area (Å²) in [7, 11) is 0. The van der Waals surface area contributed by atoms with Gasteiger partial charge in [-0.3, -0.25) is 4.79 Å². The van der Waals surface area contributed by atoms with Gasteiger partial charge in [-0.1, -0.05) is 30.3 Å². The Kier molecular flexibility index (Phi) is 4.92. The van der Waals surface area contributed by atoms with Crippen LogP contribution in [0.3, 0.4) is 0 Å². The van der Waals surface area contributed by atoms with E-state index in [-0.39, 0.29) is 29.6 Å². The standard InChI is InChI=1S/C18H22N4O.ClH/c23-17(15-12-18(15)7-10-19-11-8-18)21-16-6-9-20-22(16)13-14-4-2-1-3-5-14;/h1-6,9,15,19H,7-8,10-13H2,(H,21,23);1H. The fraction of sp³-hybridized carbons (Fsp3) is 0.444. The molecule has 2 aromatic rings. The van der Waals surface area contributed by atoms with Crippen LogP contribution in [0.5, 0.6) is 0 Å². The van der Waals surface area contributed by atoms with Gasteiger partial charge in [-0.25, -0.2) is 4.68 Å². The van der Waals surface area contributed by atoms with Gasteiger partial charge in [-0.15, -0.1) is 12.4 Å². The lowest BCUT2D eigenvalue weighted by Gasteiger charge is -2.23. The molecule has 1 unspecified atom stereocenters. The third kappa shape index (κ3) is 3.32. The van der Waals surface area contributed by atoms with Crippen molar-refractivity contribution in [2.45, 2.75) is 25.8 Å². The van der Waals surface area contributed by atoms with Crippen LogP contribution >= 0.6 is 12.4 Å². The molecule has 2 N–H and O–H groups in total. The molecule has 5 nitrogen and oxygen atoms in total. The molecular formula is C18H23ClN4O. The molecule has 1 aliphatic heterocycles. The third-order valence-electron chi connectivity index (χ3n) is 5.25. The van der Waals surface area contributed by atoms with Crippen LogP contribution in [-0.2, 0) is 11.3 Å². The number of halogens is 1. The van der Waals surface area contributed by atoms with Gasteiger partial charge in [0, 0.05) is 12.0 Å². The first kappa shape index (κ1) is 17.0. The van der Waals surface area contributed by atoms with E-state index in [2.05, 4.69) is 27.9 Å². The number of rotatable bonds is 4. The number of nitrogens with zero attached hydrogens (tertiary/aromatic N) is 2. The number of carbonyl (C=O) groups excluding carboxylic acids is 1. The van der Waals surface area contributed by atoms with Crippen molar-refractivity contribution in [1.82, 2.24) is 15.1 Å². The summed E-state index contributed by atoms with van der Waals surface area (Å²) in [5.74, 6) is 1.11. The minimum absolute atomic E-state index is 0. The van der Waals surface area contributed by atoms with E-state index in [4.69, 9.17) is 0 Å². The van der Waals surface area contributed by atoms with E-state index in [0.29, 0.717) is 6.54 Å². The first-order valence-electron chi connectivity index (χ1n) is 8.34. The average molecular weight is 347 g/mol. The lowest BCUT2D eigenvalue weighted by atomic mass is 9.92. The maximum Gasteiger partial charge on any atom is 0.229 e. The molecule has 1 amide bonds. The summed E-state index contributed by atoms with van der Waals surface area (Å²) in [6, 6.07) is 12.0. The summed E-state index contributed by atoms with van der Waals surface area (Å²) in [6.07, 6.45) is 5.02. The first-order chi connectivity index (χ1) is 11.3. The predicted octanol–water partition coefficient (Wildman–Crippen LogP) is 2.68. The van der Waals surface area contributed by atoms with Gasteiger partial charge in [0.05, 0.1) is 12.7 Å². The summed E-state index contributed by atoms with van der Waals surface area (Å²) >= 11 is 0. The number of carbonyl (C=O) groups is 1. The second kappa shape index (κ2) is 6.95. The Morgan fingerprint density at radius 2 is 2.00 bits per heavy atom. The van der Waals surface area contributed by atoms with E-state index in [1.807, 2.05) is 28.9 Å². The third-order valence-corrected chi connectivity index (χ3v) is 5.25. The molecule has 0 radical (unpaired) electrons. The molecule has 1 aliphatic carbocycles. The van der Waals surface area contributed by atoms with E-state index < -0.39 is 0 Å². The number of amides is 1. The number of piperidine rings is 1. The van der Waals surface area contributed by atoms with Gasteiger partial charge in [-0.05, 0) is 43.3 Å². The largest absolute Gasteiger partial charge is 0.317 e. The molecule has 24 heavy (non-hydrogen) atoms. The van der Waals surface area contributed by atoms with E-state index in [1.165, 1.54) is 5.56 Å². The van der Waals surface area contributed by atoms with Gasteiger partial charge in [0.25, 0.3) is 0 Å². The van der Waals surface area contributed by atoms with Crippen molar-refractivity contribution in [3.05, 3.63) is 48.2 Å². The van der Waals surface area contributed by atoms with Crippen molar-refractivity contribution in [3.8, 4) is 0 Å². The fourth-order valence-electron chi connectivity index (χ4n) is 3.73. The number of anilines is 1. The lowest BCUT2D eigenvalue weighted by Crippen LogP contribution is -2.31. The number of benzene rings is 1. The zero-order chi connectivity index (χ0) is 15.7. The van der Waals surface area contributed by atoms with Crippen molar-refractivity contribution >= 4 is 24.1 Å². The Balaban J connectivity index is 0.00000169. The Hall–Kier alpha value is -1.85. The van der Waals surface area contributed by atoms with Crippen molar-refractivity contribution < 1.29 is 4.79 Å². The Bertz CT molecular complexity index is 694. The lowest BCUT2D eigenvalue weighted by molar-refractivity contribution is -0.118. The summed E-state index contributed by atoms with van der Waals surface area (Å²) in [5.41, 5.74) is 1.44. The highest BCUT2D eigenvalue weighted by atomic mass is 35.5. The molecule has 4 rings (SSSR count). The highest BCUT2D eigenvalue weighted by Gasteiger charge is 2.57. The molecule has 2 aliphatic rings. The van der Waals surface area contributed by atoms with Crippen LogP contribution in [0.2, 0.25) is 0 Å². The molecule has 1 saturated carbocycles. The van der Waals surface area contributed by atoms with Gasteiger partial charge in [-0.2, -0.15) is 5.10 Å². The number of hydrogen-bond donors (Lipinski definition) is 2. The zero-order valence-corrected chi connectivity index (χ0v) is 14.4. The quantitative estimate of drug-likeness (QED) is 0.894. The molecule has 1 spiro atoms. The molecule has 0 bridgehead atoms. The van der Waals surface area contributed by atoms with Crippen molar-refractivity contribution in [2.24, 2.45) is 11.3 Å². The molecule has 128 valence electrons. The van der Waals surface area contributed by atoms with Crippen molar-refractivity contribution in [3.63, 3.8) is 0 Å². The Morgan fingerprint density at radius 3 is 2.75 bits per heavy atom. The monoisotopic (exact) mass is 346 g/mol. The maximum absolute atomic E-state index is 12.6. The smallest absolute Gasteiger partial charge is 0.229 e. The second-order valence-electron chi connectivity index (χ2n) is 6.72. The molecule has 1 aromatic carbocycles. The average Bonchev–Trinajstić information content (AvgIpc) is 3.10. The molecule has 1 saturated heterocycles. The van der Waals surface area contributed by atoms with Crippen molar-refractivity contribution in [1.29, 1.82) is 0 Å². The summed E-state index contributed by atoms with van der Waals surface area (Å²) in [5, 5.41) is 10.8. The van der Waals surface area contributed by atoms with E-state index in [1.54, 1.807) is 6.20 Å². The minimum atomic E-state index is 0. The van der Waals surface area contributed by atoms with Crippen LogP contribution in [0.4, 0.5) is 5.82 Å². The van der Waals surface area contributed by atoms with Crippen LogP contribution in [0.15, 0.2) is 42.6 Å². The summed E-state index contributed by atoms with van der Waals surface area (Å²) < 4.78 is 1.85. The zero-order valence-electron chi connectivity index (χ0n) is 13.6. The van der Waals surface area contributed by atoms with E-state index in [9.17, 15) is 4.79 Å². The number of aromatic nitrogens is 2. The van der Waals surface area contributed by atoms with Crippen LogP contribution in [0.25, 0.3) is 0 Å². The van der Waals surface area contributed by atoms with Gasteiger partial charge >= 0.3 is 0 Å². The van der Waals surface area contributed by atoms with Crippen LogP contribution in [0.1, 0.15) is 24.8 Å². The summed E-state index contributed by atoms with van der Waals surface area (Å²) in [4.78, 5) is 12.6.